The SMILES string of the molecule is CCC1CCC(CNC(=NC)N2CCOC(C3CCCO3)C2)CC1.I. The van der Waals surface area contributed by atoms with Gasteiger partial charge in [0, 0.05) is 33.3 Å². The van der Waals surface area contributed by atoms with Gasteiger partial charge in [-0.15, -0.1) is 24.0 Å². The fourth-order valence-electron chi connectivity index (χ4n) is 4.40. The molecule has 6 heteroatoms. The standard InChI is InChI=1S/C19H35N3O2.HI/c1-3-15-6-8-16(9-7-15)13-21-19(20-2)22-10-12-24-18(14-22)17-5-4-11-23-17;/h15-18H,3-14H2,1-2H3,(H,20,21);1H. The van der Waals surface area contributed by atoms with Crippen molar-refractivity contribution in [2.24, 2.45) is 16.8 Å². The van der Waals surface area contributed by atoms with E-state index in [1.807, 2.05) is 7.05 Å². The summed E-state index contributed by atoms with van der Waals surface area (Å²) in [6.07, 6.45) is 9.65. The minimum absolute atomic E-state index is 0. The molecule has 1 aliphatic carbocycles. The van der Waals surface area contributed by atoms with Crippen molar-refractivity contribution in [1.29, 1.82) is 0 Å². The average Bonchev–Trinajstić information content (AvgIpc) is 3.18. The number of rotatable bonds is 4. The Morgan fingerprint density at radius 3 is 2.40 bits per heavy atom. The topological polar surface area (TPSA) is 46.1 Å². The van der Waals surface area contributed by atoms with E-state index in [1.165, 1.54) is 32.1 Å². The molecule has 0 amide bonds. The Kier molecular flexibility index (Phi) is 9.27. The first kappa shape index (κ1) is 21.2. The maximum Gasteiger partial charge on any atom is 0.193 e. The smallest absolute Gasteiger partial charge is 0.193 e. The maximum absolute atomic E-state index is 5.96. The molecule has 0 aromatic rings. The molecule has 1 N–H and O–H groups in total. The van der Waals surface area contributed by atoms with Gasteiger partial charge in [-0.2, -0.15) is 0 Å². The van der Waals surface area contributed by atoms with Gasteiger partial charge >= 0.3 is 0 Å². The summed E-state index contributed by atoms with van der Waals surface area (Å²) >= 11 is 0. The van der Waals surface area contributed by atoms with Crippen molar-refractivity contribution in [1.82, 2.24) is 10.2 Å². The highest BCUT2D eigenvalue weighted by Gasteiger charge is 2.32. The van der Waals surface area contributed by atoms with Crippen LogP contribution in [0.25, 0.3) is 0 Å². The number of ether oxygens (including phenoxy) is 2. The van der Waals surface area contributed by atoms with Gasteiger partial charge in [0.15, 0.2) is 5.96 Å². The van der Waals surface area contributed by atoms with Crippen molar-refractivity contribution in [3.05, 3.63) is 0 Å². The van der Waals surface area contributed by atoms with E-state index < -0.39 is 0 Å². The molecule has 3 fully saturated rings. The Morgan fingerprint density at radius 2 is 1.76 bits per heavy atom. The van der Waals surface area contributed by atoms with Crippen molar-refractivity contribution < 1.29 is 9.47 Å². The summed E-state index contributed by atoms with van der Waals surface area (Å²) in [7, 11) is 1.90. The van der Waals surface area contributed by atoms with Gasteiger partial charge < -0.3 is 19.7 Å². The normalized spacial score (nSPS) is 33.8. The van der Waals surface area contributed by atoms with Crippen molar-refractivity contribution in [3.63, 3.8) is 0 Å². The number of nitrogens with zero attached hydrogens (tertiary/aromatic N) is 2. The van der Waals surface area contributed by atoms with Crippen LogP contribution in [0.15, 0.2) is 4.99 Å². The summed E-state index contributed by atoms with van der Waals surface area (Å²) in [6.45, 7) is 6.86. The highest BCUT2D eigenvalue weighted by Crippen LogP contribution is 2.30. The molecular formula is C19H36IN3O2. The van der Waals surface area contributed by atoms with Gasteiger partial charge in [0.2, 0.25) is 0 Å². The predicted molar refractivity (Wildman–Crippen MR) is 113 cm³/mol. The number of hydrogen-bond acceptors (Lipinski definition) is 3. The predicted octanol–water partition coefficient (Wildman–Crippen LogP) is 3.28. The van der Waals surface area contributed by atoms with Crippen molar-refractivity contribution in [2.75, 3.05) is 39.9 Å². The summed E-state index contributed by atoms with van der Waals surface area (Å²) in [5, 5.41) is 3.63. The van der Waals surface area contributed by atoms with Gasteiger partial charge in [-0.3, -0.25) is 4.99 Å². The molecule has 1 saturated carbocycles. The van der Waals surface area contributed by atoms with Gasteiger partial charge in [0.25, 0.3) is 0 Å². The molecule has 3 aliphatic rings. The highest BCUT2D eigenvalue weighted by molar-refractivity contribution is 14.0. The zero-order chi connectivity index (χ0) is 16.8. The second kappa shape index (κ2) is 10.9. The molecule has 2 heterocycles. The third-order valence-electron chi connectivity index (χ3n) is 6.08. The van der Waals surface area contributed by atoms with Crippen LogP contribution in [-0.2, 0) is 9.47 Å². The molecule has 2 unspecified atom stereocenters. The largest absolute Gasteiger partial charge is 0.375 e. The lowest BCUT2D eigenvalue weighted by atomic mass is 9.81. The van der Waals surface area contributed by atoms with Gasteiger partial charge in [0.1, 0.15) is 6.10 Å². The lowest BCUT2D eigenvalue weighted by molar-refractivity contribution is -0.0817. The molecule has 0 bridgehead atoms. The molecule has 2 saturated heterocycles. The number of hydrogen-bond donors (Lipinski definition) is 1. The third-order valence-corrected chi connectivity index (χ3v) is 6.08. The van der Waals surface area contributed by atoms with E-state index in [1.54, 1.807) is 0 Å². The van der Waals surface area contributed by atoms with E-state index >= 15 is 0 Å². The number of morpholine rings is 1. The van der Waals surface area contributed by atoms with Crippen LogP contribution < -0.4 is 5.32 Å². The molecule has 5 nitrogen and oxygen atoms in total. The van der Waals surface area contributed by atoms with Gasteiger partial charge in [-0.05, 0) is 37.5 Å². The van der Waals surface area contributed by atoms with Crippen LogP contribution in [0.2, 0.25) is 0 Å². The minimum atomic E-state index is 0. The molecule has 0 radical (unpaired) electrons. The Bertz CT molecular complexity index is 407. The van der Waals surface area contributed by atoms with E-state index in [4.69, 9.17) is 9.47 Å². The van der Waals surface area contributed by atoms with E-state index in [-0.39, 0.29) is 36.2 Å². The lowest BCUT2D eigenvalue weighted by Crippen LogP contribution is -2.53. The first-order valence-electron chi connectivity index (χ1n) is 9.99. The van der Waals surface area contributed by atoms with E-state index in [9.17, 15) is 0 Å². The van der Waals surface area contributed by atoms with Crippen LogP contribution in [0, 0.1) is 11.8 Å². The van der Waals surface area contributed by atoms with Gasteiger partial charge in [-0.25, -0.2) is 0 Å². The van der Waals surface area contributed by atoms with Crippen molar-refractivity contribution >= 4 is 29.9 Å². The third kappa shape index (κ3) is 5.96. The number of halogens is 1. The summed E-state index contributed by atoms with van der Waals surface area (Å²) in [4.78, 5) is 6.88. The van der Waals surface area contributed by atoms with Crippen LogP contribution in [0.1, 0.15) is 51.9 Å². The lowest BCUT2D eigenvalue weighted by Gasteiger charge is -2.37. The second-order valence-corrected chi connectivity index (χ2v) is 7.63. The Hall–Kier alpha value is -0.0800. The van der Waals surface area contributed by atoms with Crippen molar-refractivity contribution in [3.8, 4) is 0 Å². The fraction of sp³-hybridized carbons (Fsp3) is 0.947. The van der Waals surface area contributed by atoms with Crippen LogP contribution in [0.5, 0.6) is 0 Å². The second-order valence-electron chi connectivity index (χ2n) is 7.63. The molecule has 0 spiro atoms. The summed E-state index contributed by atoms with van der Waals surface area (Å²) in [5.74, 6) is 2.81. The van der Waals surface area contributed by atoms with E-state index in [0.29, 0.717) is 0 Å². The van der Waals surface area contributed by atoms with Crippen LogP contribution >= 0.6 is 24.0 Å². The van der Waals surface area contributed by atoms with Crippen LogP contribution in [-0.4, -0.2) is 63.0 Å². The molecule has 2 aliphatic heterocycles. The van der Waals surface area contributed by atoms with E-state index in [2.05, 4.69) is 22.1 Å². The van der Waals surface area contributed by atoms with Crippen molar-refractivity contribution in [2.45, 2.75) is 64.1 Å². The number of nitrogens with one attached hydrogen (secondary N) is 1. The molecule has 3 rings (SSSR count). The zero-order valence-corrected chi connectivity index (χ0v) is 18.2. The fourth-order valence-corrected chi connectivity index (χ4v) is 4.40. The monoisotopic (exact) mass is 465 g/mol. The summed E-state index contributed by atoms with van der Waals surface area (Å²) in [5.41, 5.74) is 0. The molecule has 0 aromatic heterocycles. The molecule has 146 valence electrons. The summed E-state index contributed by atoms with van der Waals surface area (Å²) < 4.78 is 11.8. The quantitative estimate of drug-likeness (QED) is 0.393. The Labute approximate surface area is 170 Å². The van der Waals surface area contributed by atoms with E-state index in [0.717, 1.165) is 63.5 Å². The summed E-state index contributed by atoms with van der Waals surface area (Å²) in [6, 6.07) is 0. The Balaban J connectivity index is 0.00000225. The first-order valence-corrected chi connectivity index (χ1v) is 9.99. The van der Waals surface area contributed by atoms with Crippen LogP contribution in [0.3, 0.4) is 0 Å². The zero-order valence-electron chi connectivity index (χ0n) is 15.9. The molecule has 25 heavy (non-hydrogen) atoms. The van der Waals surface area contributed by atoms with Crippen LogP contribution in [0.4, 0.5) is 0 Å². The number of aliphatic imine (C=N–C) groups is 1. The highest BCUT2D eigenvalue weighted by atomic mass is 127. The molecular weight excluding hydrogens is 429 g/mol. The minimum Gasteiger partial charge on any atom is -0.375 e. The maximum atomic E-state index is 5.96. The molecule has 0 aromatic carbocycles. The first-order chi connectivity index (χ1) is 11.8. The Morgan fingerprint density at radius 1 is 1.04 bits per heavy atom. The van der Waals surface area contributed by atoms with Gasteiger partial charge in [0.05, 0.1) is 12.7 Å². The average molecular weight is 465 g/mol. The number of guanidine groups is 1. The van der Waals surface area contributed by atoms with Gasteiger partial charge in [-0.1, -0.05) is 26.2 Å². The molecule has 2 atom stereocenters.